The van der Waals surface area contributed by atoms with Gasteiger partial charge in [0.05, 0.1) is 0 Å². The zero-order valence-corrected chi connectivity index (χ0v) is 5.24. The Bertz CT molecular complexity index is 72.4. The standard InChI is InChI=1S/2CH2ClNO/c2-3-1-4;2-1(3)4/h1H,(H,3,4);(H2,3,4). The molecule has 3 N–H and O–H groups in total. The molecule has 0 aromatic carbocycles. The van der Waals surface area contributed by atoms with Gasteiger partial charge in [-0.3, -0.25) is 14.4 Å². The summed E-state index contributed by atoms with van der Waals surface area (Å²) in [4.78, 5) is 19.6. The molecule has 0 fully saturated rings. The number of carbonyl (C=O) groups excluding carboxylic acids is 2. The summed E-state index contributed by atoms with van der Waals surface area (Å²) in [6.45, 7) is 0. The molecule has 0 aliphatic heterocycles. The lowest BCUT2D eigenvalue weighted by Crippen LogP contribution is -1.94. The Morgan fingerprint density at radius 1 is 1.75 bits per heavy atom. The van der Waals surface area contributed by atoms with Crippen molar-refractivity contribution in [2.75, 3.05) is 0 Å². The van der Waals surface area contributed by atoms with Crippen LogP contribution in [-0.2, 0) is 4.79 Å². The molecular weight excluding hydrogens is 155 g/mol. The first kappa shape index (κ1) is 10.5. The van der Waals surface area contributed by atoms with E-state index in [0.29, 0.717) is 6.41 Å². The zero-order chi connectivity index (χ0) is 6.99. The maximum atomic E-state index is 8.99. The number of hydrogen-bond acceptors (Lipinski definition) is 2. The van der Waals surface area contributed by atoms with E-state index in [1.807, 2.05) is 0 Å². The normalized spacial score (nSPS) is 5.75. The van der Waals surface area contributed by atoms with Crippen LogP contribution in [0.3, 0.4) is 0 Å². The Balaban J connectivity index is 0. The van der Waals surface area contributed by atoms with Crippen LogP contribution in [0.25, 0.3) is 0 Å². The molecule has 0 saturated carbocycles. The number of nitrogens with two attached hydrogens (primary N) is 1. The summed E-state index contributed by atoms with van der Waals surface area (Å²) in [5.74, 6) is 0. The van der Waals surface area contributed by atoms with Crippen molar-refractivity contribution in [1.82, 2.24) is 4.84 Å². The van der Waals surface area contributed by atoms with Crippen LogP contribution in [0.4, 0.5) is 4.79 Å². The van der Waals surface area contributed by atoms with E-state index in [1.165, 1.54) is 0 Å². The lowest BCUT2D eigenvalue weighted by molar-refractivity contribution is -0.108. The third kappa shape index (κ3) is 417. The van der Waals surface area contributed by atoms with Gasteiger partial charge in [-0.15, -0.1) is 0 Å². The van der Waals surface area contributed by atoms with E-state index < -0.39 is 5.37 Å². The van der Waals surface area contributed by atoms with Crippen LogP contribution >= 0.6 is 23.4 Å². The summed E-state index contributed by atoms with van der Waals surface area (Å²) in [7, 11) is 0. The van der Waals surface area contributed by atoms with Gasteiger partial charge in [0.1, 0.15) is 0 Å². The fraction of sp³-hybridized carbons (Fsp3) is 0. The van der Waals surface area contributed by atoms with Crippen LogP contribution in [0.5, 0.6) is 0 Å². The molecule has 0 aromatic rings. The van der Waals surface area contributed by atoms with Crippen molar-refractivity contribution in [3.63, 3.8) is 0 Å². The predicted molar refractivity (Wildman–Crippen MR) is 30.5 cm³/mol. The minimum Gasteiger partial charge on any atom is -0.356 e. The van der Waals surface area contributed by atoms with Crippen LogP contribution in [0.15, 0.2) is 0 Å². The average molecular weight is 159 g/mol. The molecule has 0 radical (unpaired) electrons. The van der Waals surface area contributed by atoms with Crippen LogP contribution in [0.2, 0.25) is 0 Å². The molecule has 0 aliphatic rings. The molecule has 0 bridgehead atoms. The molecule has 0 heterocycles. The second-order valence-electron chi connectivity index (χ2n) is 0.531. The van der Waals surface area contributed by atoms with Gasteiger partial charge in [0.25, 0.3) is 0 Å². The van der Waals surface area contributed by atoms with E-state index in [2.05, 4.69) is 29.1 Å². The fourth-order valence-electron chi connectivity index (χ4n) is 0. The molecule has 0 saturated heterocycles. The average Bonchev–Trinajstić information content (AvgIpc) is 1.65. The summed E-state index contributed by atoms with van der Waals surface area (Å²) >= 11 is 8.98. The number of carbonyl (C=O) groups is 2. The van der Waals surface area contributed by atoms with E-state index in [0.717, 1.165) is 0 Å². The molecule has 2 amide bonds. The Hall–Kier alpha value is -0.480. The largest absolute Gasteiger partial charge is 0.356 e. The lowest BCUT2D eigenvalue weighted by atomic mass is 11.5. The van der Waals surface area contributed by atoms with Crippen molar-refractivity contribution in [2.45, 2.75) is 0 Å². The second-order valence-corrected chi connectivity index (χ2v) is 1.12. The highest BCUT2D eigenvalue weighted by Gasteiger charge is 1.66. The van der Waals surface area contributed by atoms with Crippen molar-refractivity contribution < 1.29 is 9.59 Å². The summed E-state index contributed by atoms with van der Waals surface area (Å²) in [6.07, 6.45) is 0.390. The maximum Gasteiger partial charge on any atom is 0.311 e. The molecular formula is C2H4Cl2N2O2. The molecule has 6 heteroatoms. The molecule has 4 nitrogen and oxygen atoms in total. The minimum atomic E-state index is -0.861. The van der Waals surface area contributed by atoms with Gasteiger partial charge in [0.2, 0.25) is 6.41 Å². The maximum absolute atomic E-state index is 8.99. The first-order valence-electron chi connectivity index (χ1n) is 1.40. The van der Waals surface area contributed by atoms with Gasteiger partial charge in [-0.25, -0.2) is 0 Å². The third-order valence-corrected chi connectivity index (χ3v) is 0.134. The highest BCUT2D eigenvalue weighted by molar-refractivity contribution is 6.62. The van der Waals surface area contributed by atoms with E-state index >= 15 is 0 Å². The second kappa shape index (κ2) is 9.72. The molecule has 0 spiro atoms. The highest BCUT2D eigenvalue weighted by Crippen LogP contribution is 1.62. The molecule has 0 unspecified atom stereocenters. The van der Waals surface area contributed by atoms with Crippen molar-refractivity contribution in [3.8, 4) is 0 Å². The fourth-order valence-corrected chi connectivity index (χ4v) is 0. The van der Waals surface area contributed by atoms with Gasteiger partial charge in [-0.05, 0) is 11.6 Å². The summed E-state index contributed by atoms with van der Waals surface area (Å²) in [5.41, 5.74) is 4.24. The van der Waals surface area contributed by atoms with E-state index in [1.54, 1.807) is 4.84 Å². The Morgan fingerprint density at radius 2 is 1.88 bits per heavy atom. The Kier molecular flexibility index (Phi) is 12.8. The first-order valence-corrected chi connectivity index (χ1v) is 2.15. The molecule has 0 atom stereocenters. The summed E-state index contributed by atoms with van der Waals surface area (Å²) in [6, 6.07) is 0. The van der Waals surface area contributed by atoms with Crippen LogP contribution < -0.4 is 10.6 Å². The summed E-state index contributed by atoms with van der Waals surface area (Å²) in [5, 5.41) is -0.861. The Labute approximate surface area is 56.0 Å². The smallest absolute Gasteiger partial charge is 0.311 e. The number of nitrogens with one attached hydrogen (secondary N) is 1. The van der Waals surface area contributed by atoms with Crippen molar-refractivity contribution in [2.24, 2.45) is 5.73 Å². The molecule has 0 rings (SSSR count). The van der Waals surface area contributed by atoms with Crippen molar-refractivity contribution >= 4 is 35.2 Å². The lowest BCUT2D eigenvalue weighted by Gasteiger charge is -1.59. The van der Waals surface area contributed by atoms with Crippen molar-refractivity contribution in [1.29, 1.82) is 0 Å². The van der Waals surface area contributed by atoms with Crippen molar-refractivity contribution in [3.05, 3.63) is 0 Å². The highest BCUT2D eigenvalue weighted by atomic mass is 35.5. The van der Waals surface area contributed by atoms with Gasteiger partial charge in [-0.1, -0.05) is 0 Å². The van der Waals surface area contributed by atoms with E-state index in [4.69, 9.17) is 9.59 Å². The van der Waals surface area contributed by atoms with E-state index in [-0.39, 0.29) is 0 Å². The van der Waals surface area contributed by atoms with Crippen LogP contribution in [0.1, 0.15) is 0 Å². The minimum absolute atomic E-state index is 0.390. The molecule has 0 aliphatic carbocycles. The quantitative estimate of drug-likeness (QED) is 0.248. The summed E-state index contributed by atoms with van der Waals surface area (Å²) < 4.78 is 0. The zero-order valence-electron chi connectivity index (χ0n) is 3.73. The predicted octanol–water partition coefficient (Wildman–Crippen LogP) is 0.190. The molecule has 48 valence electrons. The number of amides is 2. The first-order chi connectivity index (χ1) is 3.65. The topological polar surface area (TPSA) is 72.2 Å². The number of primary amides is 1. The Morgan fingerprint density at radius 3 is 1.88 bits per heavy atom. The van der Waals surface area contributed by atoms with Gasteiger partial charge in [0.15, 0.2) is 0 Å². The van der Waals surface area contributed by atoms with Crippen LogP contribution in [-0.4, -0.2) is 11.8 Å². The number of hydrogen-bond donors (Lipinski definition) is 2. The van der Waals surface area contributed by atoms with Gasteiger partial charge >= 0.3 is 5.37 Å². The number of halogens is 2. The van der Waals surface area contributed by atoms with Gasteiger partial charge < -0.3 is 5.73 Å². The SMILES string of the molecule is NC(=O)Cl.O=CNCl. The van der Waals surface area contributed by atoms with Gasteiger partial charge in [0, 0.05) is 11.8 Å². The number of rotatable bonds is 1. The third-order valence-electron chi connectivity index (χ3n) is 0.0445. The van der Waals surface area contributed by atoms with Gasteiger partial charge in [-0.2, -0.15) is 0 Å². The van der Waals surface area contributed by atoms with Crippen LogP contribution in [0, 0.1) is 0 Å². The van der Waals surface area contributed by atoms with E-state index in [9.17, 15) is 0 Å². The molecule has 8 heavy (non-hydrogen) atoms. The monoisotopic (exact) mass is 158 g/mol. The molecule has 0 aromatic heterocycles.